The summed E-state index contributed by atoms with van der Waals surface area (Å²) in [5, 5.41) is 10.0. The van der Waals surface area contributed by atoms with Gasteiger partial charge in [0.25, 0.3) is 0 Å². The molecule has 0 saturated heterocycles. The molecule has 31 heavy (non-hydrogen) atoms. The number of benzene rings is 2. The van der Waals surface area contributed by atoms with Crippen molar-refractivity contribution in [3.8, 4) is 23.0 Å². The van der Waals surface area contributed by atoms with E-state index >= 15 is 0 Å². The predicted octanol–water partition coefficient (Wildman–Crippen LogP) is 3.63. The Hall–Kier alpha value is -4.03. The van der Waals surface area contributed by atoms with E-state index in [1.807, 2.05) is 18.2 Å². The molecule has 1 aliphatic carbocycles. The lowest BCUT2D eigenvalue weighted by molar-refractivity contribution is 0.0592. The van der Waals surface area contributed by atoms with Crippen LogP contribution in [0.4, 0.5) is 5.69 Å². The summed E-state index contributed by atoms with van der Waals surface area (Å²) < 4.78 is 6.89. The van der Waals surface area contributed by atoms with Crippen molar-refractivity contribution in [1.29, 1.82) is 5.26 Å². The van der Waals surface area contributed by atoms with Crippen LogP contribution in [0.3, 0.4) is 0 Å². The van der Waals surface area contributed by atoms with Crippen LogP contribution in [0.5, 0.6) is 0 Å². The molecule has 150 valence electrons. The predicted molar refractivity (Wildman–Crippen MR) is 116 cm³/mol. The summed E-state index contributed by atoms with van der Waals surface area (Å²) >= 11 is 3.52. The molecule has 0 fully saturated rings. The van der Waals surface area contributed by atoms with Crippen molar-refractivity contribution in [3.63, 3.8) is 0 Å². The van der Waals surface area contributed by atoms with Gasteiger partial charge in [-0.15, -0.1) is 0 Å². The standard InChI is InChI=1S/C22H12BrN5O3/c1-31-22(30)20-17(25)10(7-24)8-28(20)14-6-13(23)19-16-15(14)21(29)12-5-3-2-4-11(12)18(16)26-9-27-19/h2-6,8-9H,25H2,1H3. The van der Waals surface area contributed by atoms with Crippen LogP contribution in [0.1, 0.15) is 32.0 Å². The normalized spacial score (nSPS) is 11.8. The molecule has 4 aromatic rings. The number of ether oxygens (including phenoxy) is 1. The molecule has 8 nitrogen and oxygen atoms in total. The summed E-state index contributed by atoms with van der Waals surface area (Å²) in [4.78, 5) is 34.9. The molecule has 2 aromatic heterocycles. The highest BCUT2D eigenvalue weighted by atomic mass is 79.9. The molecular formula is C22H12BrN5O3. The van der Waals surface area contributed by atoms with Crippen molar-refractivity contribution in [3.05, 3.63) is 69.7 Å². The van der Waals surface area contributed by atoms with E-state index in [2.05, 4.69) is 25.9 Å². The van der Waals surface area contributed by atoms with E-state index in [0.717, 1.165) is 0 Å². The first-order valence-corrected chi connectivity index (χ1v) is 9.88. The van der Waals surface area contributed by atoms with Gasteiger partial charge in [0.1, 0.15) is 12.4 Å². The first-order chi connectivity index (χ1) is 15.0. The lowest BCUT2D eigenvalue weighted by Crippen LogP contribution is -2.18. The number of carbonyl (C=O) groups is 2. The number of methoxy groups -OCH3 is 1. The Morgan fingerprint density at radius 2 is 2.00 bits per heavy atom. The molecule has 0 spiro atoms. The number of hydrogen-bond donors (Lipinski definition) is 1. The van der Waals surface area contributed by atoms with Crippen molar-refractivity contribution in [1.82, 2.24) is 14.5 Å². The van der Waals surface area contributed by atoms with Crippen LogP contribution >= 0.6 is 15.9 Å². The van der Waals surface area contributed by atoms with Crippen LogP contribution in [-0.4, -0.2) is 33.4 Å². The SMILES string of the molecule is COC(=O)c1c(N)c(C#N)cn1-c1cc(Br)c2ncnc3c2c1C(=O)c1ccccc1-3. The van der Waals surface area contributed by atoms with Crippen LogP contribution in [-0.2, 0) is 4.74 Å². The molecule has 0 saturated carbocycles. The molecule has 2 aromatic carbocycles. The Bertz CT molecular complexity index is 1500. The van der Waals surface area contributed by atoms with Gasteiger partial charge >= 0.3 is 5.97 Å². The summed E-state index contributed by atoms with van der Waals surface area (Å²) in [6.07, 6.45) is 2.86. The van der Waals surface area contributed by atoms with Gasteiger partial charge in [0, 0.05) is 27.2 Å². The molecule has 0 radical (unpaired) electrons. The highest BCUT2D eigenvalue weighted by molar-refractivity contribution is 9.10. The first kappa shape index (κ1) is 19.0. The maximum Gasteiger partial charge on any atom is 0.357 e. The molecule has 0 bridgehead atoms. The largest absolute Gasteiger partial charge is 0.464 e. The molecular weight excluding hydrogens is 462 g/mol. The van der Waals surface area contributed by atoms with Crippen molar-refractivity contribution in [2.24, 2.45) is 0 Å². The second-order valence-electron chi connectivity index (χ2n) is 6.85. The fourth-order valence-corrected chi connectivity index (χ4v) is 4.46. The molecule has 5 rings (SSSR count). The van der Waals surface area contributed by atoms with Crippen molar-refractivity contribution >= 4 is 44.3 Å². The minimum Gasteiger partial charge on any atom is -0.464 e. The van der Waals surface area contributed by atoms with Crippen LogP contribution in [0, 0.1) is 11.3 Å². The lowest BCUT2D eigenvalue weighted by Gasteiger charge is -2.22. The number of fused-ring (bicyclic) bond motifs is 2. The summed E-state index contributed by atoms with van der Waals surface area (Å²) in [6.45, 7) is 0. The molecule has 0 unspecified atom stereocenters. The number of nitrogens with zero attached hydrogens (tertiary/aromatic N) is 4. The minimum absolute atomic E-state index is 0.0223. The molecule has 2 heterocycles. The maximum absolute atomic E-state index is 13.6. The highest BCUT2D eigenvalue weighted by Crippen LogP contribution is 2.43. The average molecular weight is 474 g/mol. The van der Waals surface area contributed by atoms with E-state index in [0.29, 0.717) is 43.4 Å². The van der Waals surface area contributed by atoms with Crippen molar-refractivity contribution < 1.29 is 14.3 Å². The first-order valence-electron chi connectivity index (χ1n) is 9.08. The quantitative estimate of drug-likeness (QED) is 0.388. The summed E-state index contributed by atoms with van der Waals surface area (Å²) in [5.74, 6) is -0.970. The third kappa shape index (κ3) is 2.52. The average Bonchev–Trinajstić information content (AvgIpc) is 3.13. The molecule has 9 heteroatoms. The molecule has 0 aliphatic heterocycles. The Morgan fingerprint density at radius 3 is 2.71 bits per heavy atom. The second-order valence-corrected chi connectivity index (χ2v) is 7.71. The third-order valence-corrected chi connectivity index (χ3v) is 5.90. The number of nitrogens with two attached hydrogens (primary N) is 1. The minimum atomic E-state index is -0.726. The van der Waals surface area contributed by atoms with Gasteiger partial charge in [-0.05, 0) is 22.0 Å². The van der Waals surface area contributed by atoms with Crippen molar-refractivity contribution in [2.45, 2.75) is 0 Å². The van der Waals surface area contributed by atoms with E-state index in [-0.39, 0.29) is 22.7 Å². The smallest absolute Gasteiger partial charge is 0.357 e. The zero-order chi connectivity index (χ0) is 21.9. The lowest BCUT2D eigenvalue weighted by atomic mass is 9.85. The van der Waals surface area contributed by atoms with Gasteiger partial charge in [-0.1, -0.05) is 24.3 Å². The zero-order valence-corrected chi connectivity index (χ0v) is 17.6. The van der Waals surface area contributed by atoms with Gasteiger partial charge in [-0.25, -0.2) is 14.8 Å². The molecule has 2 N–H and O–H groups in total. The topological polar surface area (TPSA) is 124 Å². The number of halogens is 1. The van der Waals surface area contributed by atoms with Gasteiger partial charge in [-0.3, -0.25) is 4.79 Å². The van der Waals surface area contributed by atoms with Gasteiger partial charge in [0.2, 0.25) is 0 Å². The summed E-state index contributed by atoms with van der Waals surface area (Å²) in [5.41, 5.74) is 9.14. The van der Waals surface area contributed by atoms with Crippen LogP contribution < -0.4 is 5.73 Å². The van der Waals surface area contributed by atoms with Crippen LogP contribution in [0.2, 0.25) is 0 Å². The van der Waals surface area contributed by atoms with E-state index in [4.69, 9.17) is 10.5 Å². The number of nitrogen functional groups attached to an aromatic ring is 1. The van der Waals surface area contributed by atoms with Gasteiger partial charge in [0.05, 0.1) is 40.8 Å². The van der Waals surface area contributed by atoms with Gasteiger partial charge < -0.3 is 15.0 Å². The second kappa shape index (κ2) is 6.75. The molecule has 1 aliphatic rings. The van der Waals surface area contributed by atoms with Crippen molar-refractivity contribution in [2.75, 3.05) is 12.8 Å². The fourth-order valence-electron chi connectivity index (χ4n) is 3.94. The fraction of sp³-hybridized carbons (Fsp3) is 0.0455. The maximum atomic E-state index is 13.6. The van der Waals surface area contributed by atoms with E-state index in [1.54, 1.807) is 18.2 Å². The third-order valence-electron chi connectivity index (χ3n) is 5.30. The monoisotopic (exact) mass is 473 g/mol. The summed E-state index contributed by atoms with van der Waals surface area (Å²) in [6, 6.07) is 10.8. The Morgan fingerprint density at radius 1 is 1.26 bits per heavy atom. The number of aromatic nitrogens is 3. The van der Waals surface area contributed by atoms with Gasteiger partial charge in [0.15, 0.2) is 11.5 Å². The zero-order valence-electron chi connectivity index (χ0n) is 16.0. The number of ketones is 1. The Labute approximate surface area is 184 Å². The Balaban J connectivity index is 1.97. The summed E-state index contributed by atoms with van der Waals surface area (Å²) in [7, 11) is 1.22. The van der Waals surface area contributed by atoms with Crippen LogP contribution in [0.25, 0.3) is 27.8 Å². The Kier molecular flexibility index (Phi) is 4.13. The van der Waals surface area contributed by atoms with E-state index in [9.17, 15) is 14.9 Å². The van der Waals surface area contributed by atoms with E-state index in [1.165, 1.54) is 24.2 Å². The van der Waals surface area contributed by atoms with Gasteiger partial charge in [-0.2, -0.15) is 5.26 Å². The highest BCUT2D eigenvalue weighted by Gasteiger charge is 2.32. The number of hydrogen-bond acceptors (Lipinski definition) is 7. The van der Waals surface area contributed by atoms with E-state index < -0.39 is 5.97 Å². The van der Waals surface area contributed by atoms with Crippen LogP contribution in [0.15, 0.2) is 47.3 Å². The number of anilines is 1. The molecule has 0 atom stereocenters. The molecule has 0 amide bonds. The number of nitriles is 1. The number of carbonyl (C=O) groups excluding carboxylic acids is 2. The number of rotatable bonds is 2. The number of esters is 1.